The molecule has 0 aromatic carbocycles. The van der Waals surface area contributed by atoms with Crippen LogP contribution in [0.25, 0.3) is 0 Å². The molecule has 1 aromatic heterocycles. The van der Waals surface area contributed by atoms with Crippen LogP contribution in [-0.2, 0) is 17.6 Å². The first-order chi connectivity index (χ1) is 6.26. The molecule has 0 bridgehead atoms. The lowest BCUT2D eigenvalue weighted by Crippen LogP contribution is -2.20. The van der Waals surface area contributed by atoms with Crippen molar-refractivity contribution < 1.29 is 9.32 Å². The Hall–Kier alpha value is -1.43. The summed E-state index contributed by atoms with van der Waals surface area (Å²) in [5, 5.41) is 6.09. The molecule has 0 saturated heterocycles. The molecule has 3 N–H and O–H groups in total. The van der Waals surface area contributed by atoms with E-state index in [1.165, 1.54) is 0 Å². The number of hydrogen-bond acceptors (Lipinski definition) is 5. The maximum atomic E-state index is 10.9. The van der Waals surface area contributed by atoms with Crippen molar-refractivity contribution in [3.63, 3.8) is 0 Å². The zero-order valence-corrected chi connectivity index (χ0v) is 7.41. The fraction of sp³-hybridized carbons (Fsp3) is 0.571. The van der Waals surface area contributed by atoms with Crippen molar-refractivity contribution in [1.82, 2.24) is 15.5 Å². The van der Waals surface area contributed by atoms with Crippen LogP contribution < -0.4 is 11.1 Å². The van der Waals surface area contributed by atoms with E-state index in [0.717, 1.165) is 0 Å². The van der Waals surface area contributed by atoms with Gasteiger partial charge in [-0.3, -0.25) is 4.79 Å². The van der Waals surface area contributed by atoms with E-state index in [2.05, 4.69) is 15.5 Å². The average Bonchev–Trinajstić information content (AvgIpc) is 2.53. The summed E-state index contributed by atoms with van der Waals surface area (Å²) in [5.74, 6) is 0.726. The van der Waals surface area contributed by atoms with Crippen LogP contribution in [0.1, 0.15) is 11.7 Å². The molecule has 1 aromatic rings. The number of nitrogens with one attached hydrogen (secondary N) is 1. The van der Waals surface area contributed by atoms with Gasteiger partial charge in [0, 0.05) is 20.0 Å². The summed E-state index contributed by atoms with van der Waals surface area (Å²) in [6.07, 6.45) is 0.686. The summed E-state index contributed by atoms with van der Waals surface area (Å²) in [4.78, 5) is 14.9. The smallest absolute Gasteiger partial charge is 0.227 e. The van der Waals surface area contributed by atoms with Gasteiger partial charge in [0.15, 0.2) is 5.82 Å². The molecule has 0 fully saturated rings. The van der Waals surface area contributed by atoms with E-state index >= 15 is 0 Å². The first-order valence-electron chi connectivity index (χ1n) is 3.98. The van der Waals surface area contributed by atoms with Gasteiger partial charge in [0.2, 0.25) is 11.8 Å². The predicted molar refractivity (Wildman–Crippen MR) is 44.8 cm³/mol. The highest BCUT2D eigenvalue weighted by molar-refractivity contribution is 5.77. The monoisotopic (exact) mass is 184 g/mol. The van der Waals surface area contributed by atoms with Gasteiger partial charge in [-0.1, -0.05) is 5.16 Å². The quantitative estimate of drug-likeness (QED) is 0.616. The van der Waals surface area contributed by atoms with E-state index in [1.807, 2.05) is 0 Å². The lowest BCUT2D eigenvalue weighted by molar-refractivity contribution is -0.120. The highest BCUT2D eigenvalue weighted by Gasteiger charge is 2.08. The number of carbonyl (C=O) groups excluding carboxylic acids is 1. The van der Waals surface area contributed by atoms with Crippen LogP contribution in [0.4, 0.5) is 0 Å². The fourth-order valence-corrected chi connectivity index (χ4v) is 0.819. The molecule has 0 atom stereocenters. The molecule has 0 aliphatic carbocycles. The molecule has 0 saturated carbocycles. The SMILES string of the molecule is CNC(=O)Cc1noc(CCN)n1. The molecule has 0 aliphatic heterocycles. The van der Waals surface area contributed by atoms with Gasteiger partial charge in [0.25, 0.3) is 0 Å². The van der Waals surface area contributed by atoms with Crippen molar-refractivity contribution in [1.29, 1.82) is 0 Å². The second-order valence-electron chi connectivity index (χ2n) is 2.49. The third-order valence-corrected chi connectivity index (χ3v) is 1.47. The molecule has 72 valence electrons. The zero-order valence-electron chi connectivity index (χ0n) is 7.41. The molecule has 13 heavy (non-hydrogen) atoms. The molecule has 0 radical (unpaired) electrons. The molecular formula is C7H12N4O2. The van der Waals surface area contributed by atoms with E-state index in [9.17, 15) is 4.79 Å². The molecule has 6 nitrogen and oxygen atoms in total. The summed E-state index contributed by atoms with van der Waals surface area (Å²) in [6, 6.07) is 0. The van der Waals surface area contributed by atoms with E-state index in [0.29, 0.717) is 24.7 Å². The van der Waals surface area contributed by atoms with Crippen LogP contribution in [0, 0.1) is 0 Å². The topological polar surface area (TPSA) is 94.0 Å². The summed E-state index contributed by atoms with van der Waals surface area (Å²) in [7, 11) is 1.56. The van der Waals surface area contributed by atoms with Gasteiger partial charge in [-0.15, -0.1) is 0 Å². The Bertz CT molecular complexity index is 284. The Balaban J connectivity index is 2.53. The van der Waals surface area contributed by atoms with E-state index in [4.69, 9.17) is 10.3 Å². The Morgan fingerprint density at radius 2 is 2.46 bits per heavy atom. The number of aromatic nitrogens is 2. The third-order valence-electron chi connectivity index (χ3n) is 1.47. The van der Waals surface area contributed by atoms with Gasteiger partial charge in [0.1, 0.15) is 0 Å². The minimum atomic E-state index is -0.139. The van der Waals surface area contributed by atoms with Crippen LogP contribution in [0.15, 0.2) is 4.52 Å². The Kier molecular flexibility index (Phi) is 3.39. The normalized spacial score (nSPS) is 10.0. The molecule has 1 amide bonds. The van der Waals surface area contributed by atoms with Crippen molar-refractivity contribution in [3.8, 4) is 0 Å². The van der Waals surface area contributed by atoms with Crippen LogP contribution in [0.5, 0.6) is 0 Å². The molecular weight excluding hydrogens is 172 g/mol. The van der Waals surface area contributed by atoms with E-state index in [1.54, 1.807) is 7.05 Å². The number of amides is 1. The maximum Gasteiger partial charge on any atom is 0.227 e. The Labute approximate surface area is 75.5 Å². The lowest BCUT2D eigenvalue weighted by Gasteiger charge is -1.91. The summed E-state index contributed by atoms with van der Waals surface area (Å²) in [5.41, 5.74) is 5.29. The molecule has 1 heterocycles. The third kappa shape index (κ3) is 2.83. The fourth-order valence-electron chi connectivity index (χ4n) is 0.819. The number of nitrogens with two attached hydrogens (primary N) is 1. The number of carbonyl (C=O) groups is 1. The van der Waals surface area contributed by atoms with Gasteiger partial charge in [-0.05, 0) is 0 Å². The summed E-state index contributed by atoms with van der Waals surface area (Å²) < 4.78 is 4.83. The Morgan fingerprint density at radius 1 is 1.69 bits per heavy atom. The lowest BCUT2D eigenvalue weighted by atomic mass is 10.4. The highest BCUT2D eigenvalue weighted by Crippen LogP contribution is 1.97. The molecule has 1 rings (SSSR count). The summed E-state index contributed by atoms with van der Waals surface area (Å²) >= 11 is 0. The molecule has 0 spiro atoms. The number of rotatable bonds is 4. The maximum absolute atomic E-state index is 10.9. The van der Waals surface area contributed by atoms with Crippen LogP contribution in [0.3, 0.4) is 0 Å². The van der Waals surface area contributed by atoms with Crippen molar-refractivity contribution in [3.05, 3.63) is 11.7 Å². The van der Waals surface area contributed by atoms with Gasteiger partial charge >= 0.3 is 0 Å². The van der Waals surface area contributed by atoms with Gasteiger partial charge in [0.05, 0.1) is 6.42 Å². The Morgan fingerprint density at radius 3 is 3.08 bits per heavy atom. The van der Waals surface area contributed by atoms with Crippen molar-refractivity contribution >= 4 is 5.91 Å². The van der Waals surface area contributed by atoms with Crippen LogP contribution in [0.2, 0.25) is 0 Å². The second kappa shape index (κ2) is 4.56. The van der Waals surface area contributed by atoms with Crippen molar-refractivity contribution in [2.45, 2.75) is 12.8 Å². The standard InChI is InChI=1S/C7H12N4O2/c1-9-6(12)4-5-10-7(2-3-8)13-11-5/h2-4,8H2,1H3,(H,9,12). The van der Waals surface area contributed by atoms with E-state index in [-0.39, 0.29) is 12.3 Å². The zero-order chi connectivity index (χ0) is 9.68. The van der Waals surface area contributed by atoms with Crippen LogP contribution in [-0.4, -0.2) is 29.6 Å². The molecule has 0 unspecified atom stereocenters. The average molecular weight is 184 g/mol. The van der Waals surface area contributed by atoms with E-state index < -0.39 is 0 Å². The van der Waals surface area contributed by atoms with Crippen molar-refractivity contribution in [2.24, 2.45) is 5.73 Å². The second-order valence-corrected chi connectivity index (χ2v) is 2.49. The highest BCUT2D eigenvalue weighted by atomic mass is 16.5. The van der Waals surface area contributed by atoms with Gasteiger partial charge in [-0.2, -0.15) is 4.98 Å². The largest absolute Gasteiger partial charge is 0.359 e. The predicted octanol–water partition coefficient (Wildman–Crippen LogP) is -1.14. The van der Waals surface area contributed by atoms with Crippen molar-refractivity contribution in [2.75, 3.05) is 13.6 Å². The number of hydrogen-bond donors (Lipinski definition) is 2. The van der Waals surface area contributed by atoms with Gasteiger partial charge < -0.3 is 15.6 Å². The number of nitrogens with zero attached hydrogens (tertiary/aromatic N) is 2. The first kappa shape index (κ1) is 9.66. The number of likely N-dealkylation sites (N-methyl/N-ethyl adjacent to an activating group) is 1. The van der Waals surface area contributed by atoms with Crippen LogP contribution >= 0.6 is 0 Å². The first-order valence-corrected chi connectivity index (χ1v) is 3.98. The molecule has 6 heteroatoms. The minimum absolute atomic E-state index is 0.139. The minimum Gasteiger partial charge on any atom is -0.359 e. The molecule has 0 aliphatic rings. The van der Waals surface area contributed by atoms with Gasteiger partial charge in [-0.25, -0.2) is 0 Å². The summed E-state index contributed by atoms with van der Waals surface area (Å²) in [6.45, 7) is 0.460.